The number of benzene rings is 1. The number of fused-ring (bicyclic) bond motifs is 1. The quantitative estimate of drug-likeness (QED) is 0.839. The molecule has 0 spiro atoms. The van der Waals surface area contributed by atoms with Gasteiger partial charge in [-0.25, -0.2) is 9.78 Å². The number of carbonyl (C=O) groups excluding carboxylic acids is 1. The number of piperidine rings is 1. The molecule has 0 saturated carbocycles. The number of hydrogen-bond donors (Lipinski definition) is 0. The Morgan fingerprint density at radius 3 is 2.77 bits per heavy atom. The molecule has 2 aromatic rings. The van der Waals surface area contributed by atoms with Gasteiger partial charge in [-0.3, -0.25) is 4.98 Å². The number of likely N-dealkylation sites (tertiary alicyclic amines) is 1. The Morgan fingerprint density at radius 2 is 2.04 bits per heavy atom. The number of amides is 1. The van der Waals surface area contributed by atoms with E-state index in [1.54, 1.807) is 0 Å². The Kier molecular flexibility index (Phi) is 5.30. The van der Waals surface area contributed by atoms with Crippen molar-refractivity contribution in [3.63, 3.8) is 0 Å². The van der Waals surface area contributed by atoms with Crippen molar-refractivity contribution in [3.05, 3.63) is 30.5 Å². The maximum atomic E-state index is 12.3. The highest BCUT2D eigenvalue weighted by atomic mass is 16.6. The first-order valence-corrected chi connectivity index (χ1v) is 9.23. The monoisotopic (exact) mass is 356 g/mol. The lowest BCUT2D eigenvalue weighted by molar-refractivity contribution is 0.0170. The number of carbonyl (C=O) groups is 1. The maximum absolute atomic E-state index is 12.3. The minimum absolute atomic E-state index is 0.213. The van der Waals surface area contributed by atoms with E-state index < -0.39 is 5.60 Å². The minimum Gasteiger partial charge on any atom is -0.444 e. The second-order valence-electron chi connectivity index (χ2n) is 8.03. The molecule has 0 N–H and O–H groups in total. The molecule has 6 heteroatoms. The zero-order valence-electron chi connectivity index (χ0n) is 16.1. The second kappa shape index (κ2) is 7.48. The SMILES string of the molecule is CN(CC1CCCN(C(=O)OC(C)(C)C)C1)c1cnc2ccccc2n1. The Morgan fingerprint density at radius 1 is 1.31 bits per heavy atom. The lowest BCUT2D eigenvalue weighted by Gasteiger charge is -2.35. The maximum Gasteiger partial charge on any atom is 0.410 e. The summed E-state index contributed by atoms with van der Waals surface area (Å²) in [5, 5.41) is 0. The van der Waals surface area contributed by atoms with Crippen LogP contribution in [0.15, 0.2) is 30.5 Å². The van der Waals surface area contributed by atoms with Gasteiger partial charge in [-0.15, -0.1) is 0 Å². The van der Waals surface area contributed by atoms with E-state index in [9.17, 15) is 4.79 Å². The normalized spacial score (nSPS) is 18.0. The molecule has 0 radical (unpaired) electrons. The van der Waals surface area contributed by atoms with E-state index in [1.165, 1.54) is 0 Å². The molecule has 1 atom stereocenters. The van der Waals surface area contributed by atoms with Gasteiger partial charge in [0, 0.05) is 26.7 Å². The van der Waals surface area contributed by atoms with Crippen LogP contribution >= 0.6 is 0 Å². The first kappa shape index (κ1) is 18.4. The van der Waals surface area contributed by atoms with Crippen LogP contribution in [-0.2, 0) is 4.74 Å². The lowest BCUT2D eigenvalue weighted by atomic mass is 9.98. The molecule has 1 unspecified atom stereocenters. The molecule has 6 nitrogen and oxygen atoms in total. The van der Waals surface area contributed by atoms with Crippen LogP contribution in [0.25, 0.3) is 11.0 Å². The third kappa shape index (κ3) is 4.62. The molecule has 1 aliphatic rings. The summed E-state index contributed by atoms with van der Waals surface area (Å²) in [5.41, 5.74) is 1.34. The van der Waals surface area contributed by atoms with Gasteiger partial charge < -0.3 is 14.5 Å². The highest BCUT2D eigenvalue weighted by Crippen LogP contribution is 2.22. The minimum atomic E-state index is -0.457. The largest absolute Gasteiger partial charge is 0.444 e. The van der Waals surface area contributed by atoms with E-state index in [0.717, 1.165) is 49.3 Å². The summed E-state index contributed by atoms with van der Waals surface area (Å²) >= 11 is 0. The summed E-state index contributed by atoms with van der Waals surface area (Å²) in [6.45, 7) is 8.03. The van der Waals surface area contributed by atoms with Crippen LogP contribution in [0.4, 0.5) is 10.6 Å². The molecule has 1 fully saturated rings. The fraction of sp³-hybridized carbons (Fsp3) is 0.550. The van der Waals surface area contributed by atoms with E-state index in [4.69, 9.17) is 9.72 Å². The Balaban J connectivity index is 1.62. The van der Waals surface area contributed by atoms with Crippen LogP contribution in [0.5, 0.6) is 0 Å². The van der Waals surface area contributed by atoms with E-state index in [0.29, 0.717) is 5.92 Å². The third-order valence-electron chi connectivity index (χ3n) is 4.53. The summed E-state index contributed by atoms with van der Waals surface area (Å²) in [5.74, 6) is 1.26. The summed E-state index contributed by atoms with van der Waals surface area (Å²) in [4.78, 5) is 25.5. The second-order valence-corrected chi connectivity index (χ2v) is 8.03. The summed E-state index contributed by atoms with van der Waals surface area (Å²) in [6.07, 6.45) is 3.71. The number of anilines is 1. The van der Waals surface area contributed by atoms with Crippen LogP contribution in [0, 0.1) is 5.92 Å². The van der Waals surface area contributed by atoms with Crippen LogP contribution < -0.4 is 4.90 Å². The lowest BCUT2D eigenvalue weighted by Crippen LogP contribution is -2.45. The predicted molar refractivity (Wildman–Crippen MR) is 103 cm³/mol. The molecule has 1 saturated heterocycles. The van der Waals surface area contributed by atoms with E-state index in [2.05, 4.69) is 9.88 Å². The van der Waals surface area contributed by atoms with Crippen molar-refractivity contribution in [2.45, 2.75) is 39.2 Å². The van der Waals surface area contributed by atoms with Crippen molar-refractivity contribution >= 4 is 22.9 Å². The van der Waals surface area contributed by atoms with Crippen LogP contribution in [0.1, 0.15) is 33.6 Å². The molecule has 0 aliphatic carbocycles. The molecule has 1 amide bonds. The first-order valence-electron chi connectivity index (χ1n) is 9.23. The van der Waals surface area contributed by atoms with Crippen molar-refractivity contribution in [1.29, 1.82) is 0 Å². The van der Waals surface area contributed by atoms with Crippen LogP contribution in [0.2, 0.25) is 0 Å². The molecule has 1 aliphatic heterocycles. The van der Waals surface area contributed by atoms with E-state index >= 15 is 0 Å². The molecular weight excluding hydrogens is 328 g/mol. The molecule has 1 aromatic carbocycles. The van der Waals surface area contributed by atoms with Gasteiger partial charge in [0.15, 0.2) is 0 Å². The molecule has 2 heterocycles. The molecule has 3 rings (SSSR count). The smallest absolute Gasteiger partial charge is 0.410 e. The predicted octanol–water partition coefficient (Wildman–Crippen LogP) is 3.71. The molecule has 0 bridgehead atoms. The Hall–Kier alpha value is -2.37. The number of aromatic nitrogens is 2. The fourth-order valence-corrected chi connectivity index (χ4v) is 3.32. The van der Waals surface area contributed by atoms with Crippen molar-refractivity contribution in [3.8, 4) is 0 Å². The van der Waals surface area contributed by atoms with Gasteiger partial charge in [0.05, 0.1) is 17.2 Å². The Labute approximate surface area is 155 Å². The van der Waals surface area contributed by atoms with Gasteiger partial charge in [0.25, 0.3) is 0 Å². The van der Waals surface area contributed by atoms with Crippen molar-refractivity contribution in [2.24, 2.45) is 5.92 Å². The number of ether oxygens (including phenoxy) is 1. The highest BCUT2D eigenvalue weighted by Gasteiger charge is 2.28. The van der Waals surface area contributed by atoms with Gasteiger partial charge in [0.2, 0.25) is 0 Å². The van der Waals surface area contributed by atoms with Crippen LogP contribution in [0.3, 0.4) is 0 Å². The highest BCUT2D eigenvalue weighted by molar-refractivity contribution is 5.75. The van der Waals surface area contributed by atoms with Gasteiger partial charge >= 0.3 is 6.09 Å². The standard InChI is InChI=1S/C20H28N4O2/c1-20(2,3)26-19(25)24-11-7-8-15(14-24)13-23(4)18-12-21-16-9-5-6-10-17(16)22-18/h5-6,9-10,12,15H,7-8,11,13-14H2,1-4H3. The van der Waals surface area contributed by atoms with Crippen molar-refractivity contribution in [2.75, 3.05) is 31.6 Å². The first-order chi connectivity index (χ1) is 12.3. The van der Waals surface area contributed by atoms with E-state index in [1.807, 2.05) is 63.2 Å². The zero-order valence-corrected chi connectivity index (χ0v) is 16.1. The number of para-hydroxylation sites is 2. The number of hydrogen-bond acceptors (Lipinski definition) is 5. The molecule has 140 valence electrons. The molecular formula is C20H28N4O2. The molecule has 1 aromatic heterocycles. The average Bonchev–Trinajstić information content (AvgIpc) is 2.60. The molecule has 26 heavy (non-hydrogen) atoms. The van der Waals surface area contributed by atoms with Gasteiger partial charge in [-0.05, 0) is 51.7 Å². The average molecular weight is 356 g/mol. The van der Waals surface area contributed by atoms with Crippen LogP contribution in [-0.4, -0.2) is 53.2 Å². The van der Waals surface area contributed by atoms with Gasteiger partial charge in [-0.1, -0.05) is 12.1 Å². The zero-order chi connectivity index (χ0) is 18.7. The third-order valence-corrected chi connectivity index (χ3v) is 4.53. The number of nitrogens with zero attached hydrogens (tertiary/aromatic N) is 4. The van der Waals surface area contributed by atoms with Gasteiger partial charge in [-0.2, -0.15) is 0 Å². The van der Waals surface area contributed by atoms with Crippen molar-refractivity contribution in [1.82, 2.24) is 14.9 Å². The summed E-state index contributed by atoms with van der Waals surface area (Å²) in [6, 6.07) is 7.88. The van der Waals surface area contributed by atoms with Crippen molar-refractivity contribution < 1.29 is 9.53 Å². The van der Waals surface area contributed by atoms with E-state index in [-0.39, 0.29) is 6.09 Å². The summed E-state index contributed by atoms with van der Waals surface area (Å²) < 4.78 is 5.51. The summed E-state index contributed by atoms with van der Waals surface area (Å²) in [7, 11) is 2.03. The number of rotatable bonds is 3. The fourth-order valence-electron chi connectivity index (χ4n) is 3.32. The Bertz CT molecular complexity index is 772. The van der Waals surface area contributed by atoms with Gasteiger partial charge in [0.1, 0.15) is 11.4 Å². The topological polar surface area (TPSA) is 58.6 Å².